The van der Waals surface area contributed by atoms with Gasteiger partial charge in [-0.25, -0.2) is 0 Å². The Kier molecular flexibility index (Phi) is 4.03. The van der Waals surface area contributed by atoms with Crippen LogP contribution in [0.15, 0.2) is 158 Å². The molecule has 2 nitrogen and oxygen atoms in total. The summed E-state index contributed by atoms with van der Waals surface area (Å²) in [5.41, 5.74) is 6.26. The number of nitrogens with zero attached hydrogens (tertiary/aromatic N) is 2. The Morgan fingerprint density at radius 1 is 0.386 bits per heavy atom. The van der Waals surface area contributed by atoms with Crippen LogP contribution in [0.5, 0.6) is 0 Å². The molecule has 0 radical (unpaired) electrons. The number of hydrogen-bond acceptors (Lipinski definition) is 0. The second-order valence-corrected chi connectivity index (χ2v) is 11.5. The van der Waals surface area contributed by atoms with Crippen LogP contribution in [-0.2, 0) is 0 Å². The van der Waals surface area contributed by atoms with E-state index in [4.69, 9.17) is 5.48 Å². The fourth-order valence-electron chi connectivity index (χ4n) is 7.33. The Bertz CT molecular complexity index is 2990. The average Bonchev–Trinajstić information content (AvgIpc) is 3.64. The van der Waals surface area contributed by atoms with Crippen molar-refractivity contribution in [3.63, 3.8) is 0 Å². The summed E-state index contributed by atoms with van der Waals surface area (Å²) in [6.07, 6.45) is 0. The van der Waals surface area contributed by atoms with Gasteiger partial charge in [-0.3, -0.25) is 0 Å². The zero-order valence-corrected chi connectivity index (χ0v) is 23.6. The molecule has 0 saturated carbocycles. The summed E-state index contributed by atoms with van der Waals surface area (Å²) in [6.45, 7) is 0. The van der Waals surface area contributed by atoms with E-state index in [-0.39, 0.29) is 24.2 Å². The van der Waals surface area contributed by atoms with Crippen molar-refractivity contribution in [1.82, 2.24) is 9.13 Å². The van der Waals surface area contributed by atoms with E-state index in [0.717, 1.165) is 55.0 Å². The maximum absolute atomic E-state index is 8.90. The van der Waals surface area contributed by atoms with E-state index in [1.807, 2.05) is 30.3 Å². The van der Waals surface area contributed by atoms with Gasteiger partial charge >= 0.3 is 0 Å². The standard InChI is InChI=1S/C42H26N2/c1-2-14-29(15-3-1)43-38-23-22-27-12-4-7-17-31(27)42(38)36-25-35-34-20-10-11-21-37(34)44(40(35)26-41(36)43)39-24-28-13-5-6-16-30(28)32-18-8-9-19-33(32)39/h1-26H/i5D,6D,13D,16D. The molecule has 44 heavy (non-hydrogen) atoms. The summed E-state index contributed by atoms with van der Waals surface area (Å²) < 4.78 is 39.3. The highest BCUT2D eigenvalue weighted by atomic mass is 15.0. The molecule has 0 fully saturated rings. The first-order valence-electron chi connectivity index (χ1n) is 16.9. The van der Waals surface area contributed by atoms with E-state index in [0.29, 0.717) is 10.8 Å². The Balaban J connectivity index is 1.43. The number of hydrogen-bond donors (Lipinski definition) is 0. The molecule has 204 valence electrons. The third-order valence-corrected chi connectivity index (χ3v) is 9.17. The molecule has 0 bridgehead atoms. The molecule has 2 heteroatoms. The first kappa shape index (κ1) is 20.1. The van der Waals surface area contributed by atoms with E-state index in [9.17, 15) is 0 Å². The molecule has 0 N–H and O–H groups in total. The molecule has 0 spiro atoms. The molecule has 0 aliphatic heterocycles. The number of benzene rings is 8. The smallest absolute Gasteiger partial charge is 0.0629 e. The van der Waals surface area contributed by atoms with Gasteiger partial charge in [0, 0.05) is 32.6 Å². The lowest BCUT2D eigenvalue weighted by Crippen LogP contribution is -1.97. The highest BCUT2D eigenvalue weighted by Crippen LogP contribution is 2.43. The molecule has 8 aromatic carbocycles. The number of aromatic nitrogens is 2. The van der Waals surface area contributed by atoms with Gasteiger partial charge in [0.1, 0.15) is 0 Å². The van der Waals surface area contributed by atoms with E-state index in [1.165, 1.54) is 21.5 Å². The van der Waals surface area contributed by atoms with Crippen LogP contribution in [0.25, 0.3) is 87.3 Å². The van der Waals surface area contributed by atoms with Gasteiger partial charge in [-0.2, -0.15) is 0 Å². The predicted molar refractivity (Wildman–Crippen MR) is 188 cm³/mol. The number of fused-ring (bicyclic) bond motifs is 11. The molecule has 0 aliphatic rings. The Hall–Kier alpha value is -5.86. The van der Waals surface area contributed by atoms with E-state index < -0.39 is 0 Å². The highest BCUT2D eigenvalue weighted by molar-refractivity contribution is 6.25. The highest BCUT2D eigenvalue weighted by Gasteiger charge is 2.20. The first-order chi connectivity index (χ1) is 23.5. The van der Waals surface area contributed by atoms with E-state index in [2.05, 4.69) is 112 Å². The van der Waals surface area contributed by atoms with Gasteiger partial charge in [-0.05, 0) is 69.4 Å². The van der Waals surface area contributed by atoms with Crippen molar-refractivity contribution < 1.29 is 5.48 Å². The van der Waals surface area contributed by atoms with Crippen LogP contribution in [0.2, 0.25) is 0 Å². The number of para-hydroxylation sites is 2. The van der Waals surface area contributed by atoms with Crippen molar-refractivity contribution in [2.75, 3.05) is 0 Å². The minimum Gasteiger partial charge on any atom is -0.309 e. The molecule has 0 unspecified atom stereocenters. The molecule has 0 saturated heterocycles. The third kappa shape index (κ3) is 3.14. The van der Waals surface area contributed by atoms with Crippen LogP contribution in [0.1, 0.15) is 5.48 Å². The monoisotopic (exact) mass is 562 g/mol. The van der Waals surface area contributed by atoms with Gasteiger partial charge in [0.05, 0.1) is 33.2 Å². The van der Waals surface area contributed by atoms with Gasteiger partial charge in [0.2, 0.25) is 0 Å². The lowest BCUT2D eigenvalue weighted by Gasteiger charge is -2.14. The van der Waals surface area contributed by atoms with Gasteiger partial charge in [-0.1, -0.05) is 115 Å². The Labute approximate surface area is 259 Å². The average molecular weight is 563 g/mol. The van der Waals surface area contributed by atoms with Crippen molar-refractivity contribution in [3.05, 3.63) is 158 Å². The normalized spacial score (nSPS) is 13.4. The van der Waals surface area contributed by atoms with Crippen LogP contribution in [0.4, 0.5) is 0 Å². The summed E-state index contributed by atoms with van der Waals surface area (Å²) in [4.78, 5) is 0. The molecule has 2 aromatic heterocycles. The molecule has 0 amide bonds. The summed E-state index contributed by atoms with van der Waals surface area (Å²) in [6, 6.07) is 46.0. The minimum atomic E-state index is -0.225. The van der Waals surface area contributed by atoms with Crippen molar-refractivity contribution in [3.8, 4) is 11.4 Å². The van der Waals surface area contributed by atoms with Gasteiger partial charge < -0.3 is 9.13 Å². The SMILES string of the molecule is [2H]c1c([2H])c([2H])c2c(cc(-n3c4ccccc4c4cc5c6c7ccccc7ccc6n(-c6ccccc6)c5cc43)c3ccccc32)c1[2H]. The fraction of sp³-hybridized carbons (Fsp3) is 0. The second-order valence-electron chi connectivity index (χ2n) is 11.5. The van der Waals surface area contributed by atoms with Crippen LogP contribution in [0.3, 0.4) is 0 Å². The van der Waals surface area contributed by atoms with Crippen molar-refractivity contribution in [2.45, 2.75) is 0 Å². The molecule has 10 aromatic rings. The van der Waals surface area contributed by atoms with Crippen molar-refractivity contribution in [1.29, 1.82) is 0 Å². The van der Waals surface area contributed by atoms with Crippen LogP contribution in [-0.4, -0.2) is 9.13 Å². The molecule has 10 rings (SSSR count). The lowest BCUT2D eigenvalue weighted by atomic mass is 10.00. The topological polar surface area (TPSA) is 9.86 Å². The molecular weight excluding hydrogens is 532 g/mol. The number of rotatable bonds is 2. The predicted octanol–water partition coefficient (Wildman–Crippen LogP) is 11.3. The van der Waals surface area contributed by atoms with Crippen molar-refractivity contribution >= 4 is 75.9 Å². The minimum absolute atomic E-state index is 0.0164. The lowest BCUT2D eigenvalue weighted by molar-refractivity contribution is 1.17. The van der Waals surface area contributed by atoms with Crippen molar-refractivity contribution in [2.24, 2.45) is 0 Å². The Morgan fingerprint density at radius 3 is 1.98 bits per heavy atom. The largest absolute Gasteiger partial charge is 0.309 e. The van der Waals surface area contributed by atoms with Gasteiger partial charge in [0.15, 0.2) is 0 Å². The van der Waals surface area contributed by atoms with E-state index >= 15 is 0 Å². The first-order valence-corrected chi connectivity index (χ1v) is 14.9. The molecule has 0 aliphatic carbocycles. The van der Waals surface area contributed by atoms with Crippen LogP contribution >= 0.6 is 0 Å². The Morgan fingerprint density at radius 2 is 1.09 bits per heavy atom. The third-order valence-electron chi connectivity index (χ3n) is 9.17. The summed E-state index contributed by atoms with van der Waals surface area (Å²) in [5.74, 6) is 0. The van der Waals surface area contributed by atoms with Crippen LogP contribution in [0, 0.1) is 0 Å². The van der Waals surface area contributed by atoms with Crippen LogP contribution < -0.4 is 0 Å². The van der Waals surface area contributed by atoms with Gasteiger partial charge in [0.25, 0.3) is 0 Å². The summed E-state index contributed by atoms with van der Waals surface area (Å²) in [5, 5.41) is 9.83. The molecular formula is C42H26N2. The summed E-state index contributed by atoms with van der Waals surface area (Å²) >= 11 is 0. The second kappa shape index (κ2) is 8.82. The quantitative estimate of drug-likeness (QED) is 0.185. The molecule has 0 atom stereocenters. The van der Waals surface area contributed by atoms with E-state index in [1.54, 1.807) is 0 Å². The summed E-state index contributed by atoms with van der Waals surface area (Å²) in [7, 11) is 0. The zero-order valence-electron chi connectivity index (χ0n) is 27.6. The zero-order chi connectivity index (χ0) is 32.3. The fourth-order valence-corrected chi connectivity index (χ4v) is 7.33. The maximum atomic E-state index is 8.90. The van der Waals surface area contributed by atoms with Gasteiger partial charge in [-0.15, -0.1) is 0 Å². The maximum Gasteiger partial charge on any atom is 0.0629 e. The molecule has 2 heterocycles.